The number of urea groups is 1. The van der Waals surface area contributed by atoms with E-state index in [-0.39, 0.29) is 25.3 Å². The highest BCUT2D eigenvalue weighted by Gasteiger charge is 2.47. The summed E-state index contributed by atoms with van der Waals surface area (Å²) in [6, 6.07) is -0.570. The third-order valence-electron chi connectivity index (χ3n) is 4.28. The van der Waals surface area contributed by atoms with Crippen molar-refractivity contribution in [3.05, 3.63) is 0 Å². The van der Waals surface area contributed by atoms with Gasteiger partial charge in [0.15, 0.2) is 0 Å². The Bertz CT molecular complexity index is 374. The zero-order chi connectivity index (χ0) is 14.0. The first-order valence-electron chi connectivity index (χ1n) is 6.80. The van der Waals surface area contributed by atoms with Gasteiger partial charge in [-0.05, 0) is 32.1 Å². The van der Waals surface area contributed by atoms with E-state index in [4.69, 9.17) is 4.74 Å². The predicted molar refractivity (Wildman–Crippen MR) is 68.8 cm³/mol. The Morgan fingerprint density at radius 3 is 2.63 bits per heavy atom. The first kappa shape index (κ1) is 14.1. The molecule has 2 fully saturated rings. The number of aliphatic carboxylic acids is 1. The fourth-order valence-electron chi connectivity index (χ4n) is 2.81. The normalized spacial score (nSPS) is 38.1. The van der Waals surface area contributed by atoms with Crippen LogP contribution in [0, 0.1) is 11.3 Å². The van der Waals surface area contributed by atoms with Crippen LogP contribution >= 0.6 is 0 Å². The average Bonchev–Trinajstić information content (AvgIpc) is 2.87. The zero-order valence-electron chi connectivity index (χ0n) is 11.4. The van der Waals surface area contributed by atoms with E-state index in [1.807, 2.05) is 0 Å². The van der Waals surface area contributed by atoms with E-state index in [0.29, 0.717) is 5.92 Å². The largest absolute Gasteiger partial charge is 0.481 e. The maximum atomic E-state index is 11.9. The highest BCUT2D eigenvalue weighted by Crippen LogP contribution is 2.29. The van der Waals surface area contributed by atoms with Crippen molar-refractivity contribution in [1.29, 1.82) is 0 Å². The van der Waals surface area contributed by atoms with Gasteiger partial charge in [-0.1, -0.05) is 6.92 Å². The summed E-state index contributed by atoms with van der Waals surface area (Å²) < 4.78 is 5.20. The summed E-state index contributed by atoms with van der Waals surface area (Å²) in [5.41, 5.74) is -1.04. The number of hydrogen-bond acceptors (Lipinski definition) is 3. The van der Waals surface area contributed by atoms with Crippen LogP contribution in [0.15, 0.2) is 0 Å². The maximum Gasteiger partial charge on any atom is 0.315 e. The average molecular weight is 270 g/mol. The molecule has 4 unspecified atom stereocenters. The lowest BCUT2D eigenvalue weighted by Gasteiger charge is -2.26. The molecule has 1 saturated carbocycles. The van der Waals surface area contributed by atoms with E-state index >= 15 is 0 Å². The molecule has 19 heavy (non-hydrogen) atoms. The SMILES string of the molecule is CC1CCC(NC(=O)NC2COCC2(C)C(=O)O)C1. The van der Waals surface area contributed by atoms with Gasteiger partial charge in [-0.15, -0.1) is 0 Å². The van der Waals surface area contributed by atoms with Gasteiger partial charge in [0.25, 0.3) is 0 Å². The molecule has 0 aromatic heterocycles. The lowest BCUT2D eigenvalue weighted by atomic mass is 9.85. The monoisotopic (exact) mass is 270 g/mol. The number of nitrogens with one attached hydrogen (secondary N) is 2. The summed E-state index contributed by atoms with van der Waals surface area (Å²) in [7, 11) is 0. The van der Waals surface area contributed by atoms with Crippen molar-refractivity contribution in [2.24, 2.45) is 11.3 Å². The Morgan fingerprint density at radius 1 is 1.32 bits per heavy atom. The van der Waals surface area contributed by atoms with Crippen molar-refractivity contribution in [2.45, 2.75) is 45.2 Å². The van der Waals surface area contributed by atoms with Crippen LogP contribution in [0.25, 0.3) is 0 Å². The van der Waals surface area contributed by atoms with E-state index in [9.17, 15) is 14.7 Å². The smallest absolute Gasteiger partial charge is 0.315 e. The van der Waals surface area contributed by atoms with Gasteiger partial charge in [0.1, 0.15) is 5.41 Å². The second kappa shape index (κ2) is 5.36. The maximum absolute atomic E-state index is 11.9. The van der Waals surface area contributed by atoms with Gasteiger partial charge in [-0.3, -0.25) is 4.79 Å². The first-order chi connectivity index (χ1) is 8.91. The molecule has 1 aliphatic carbocycles. The van der Waals surface area contributed by atoms with E-state index in [2.05, 4.69) is 17.6 Å². The fraction of sp³-hybridized carbons (Fsp3) is 0.846. The van der Waals surface area contributed by atoms with Crippen molar-refractivity contribution in [3.63, 3.8) is 0 Å². The van der Waals surface area contributed by atoms with Crippen molar-refractivity contribution < 1.29 is 19.4 Å². The Hall–Kier alpha value is -1.30. The fourth-order valence-corrected chi connectivity index (χ4v) is 2.81. The van der Waals surface area contributed by atoms with Crippen molar-refractivity contribution in [2.75, 3.05) is 13.2 Å². The molecular weight excluding hydrogens is 248 g/mol. The zero-order valence-corrected chi connectivity index (χ0v) is 11.4. The Kier molecular flexibility index (Phi) is 3.99. The van der Waals surface area contributed by atoms with E-state index in [1.165, 1.54) is 0 Å². The van der Waals surface area contributed by atoms with Gasteiger partial charge in [0, 0.05) is 6.04 Å². The highest BCUT2D eigenvalue weighted by molar-refractivity contribution is 5.79. The molecule has 3 N–H and O–H groups in total. The molecule has 0 spiro atoms. The van der Waals surface area contributed by atoms with Gasteiger partial charge >= 0.3 is 12.0 Å². The van der Waals surface area contributed by atoms with Crippen molar-refractivity contribution in [3.8, 4) is 0 Å². The van der Waals surface area contributed by atoms with Crippen LogP contribution in [0.4, 0.5) is 4.79 Å². The highest BCUT2D eigenvalue weighted by atomic mass is 16.5. The molecule has 108 valence electrons. The van der Waals surface area contributed by atoms with Crippen LogP contribution in [0.2, 0.25) is 0 Å². The van der Waals surface area contributed by atoms with Crippen molar-refractivity contribution in [1.82, 2.24) is 10.6 Å². The van der Waals surface area contributed by atoms with Crippen LogP contribution in [0.3, 0.4) is 0 Å². The Morgan fingerprint density at radius 2 is 2.05 bits per heavy atom. The van der Waals surface area contributed by atoms with E-state index in [1.54, 1.807) is 6.92 Å². The molecule has 1 heterocycles. The molecule has 2 aliphatic rings. The minimum Gasteiger partial charge on any atom is -0.481 e. The molecule has 2 rings (SSSR count). The number of amides is 2. The summed E-state index contributed by atoms with van der Waals surface area (Å²) in [6.07, 6.45) is 3.11. The van der Waals surface area contributed by atoms with Gasteiger partial charge in [-0.2, -0.15) is 0 Å². The lowest BCUT2D eigenvalue weighted by molar-refractivity contribution is -0.148. The first-order valence-corrected chi connectivity index (χ1v) is 6.80. The second-order valence-electron chi connectivity index (χ2n) is 6.02. The quantitative estimate of drug-likeness (QED) is 0.713. The van der Waals surface area contributed by atoms with Crippen LogP contribution in [0.1, 0.15) is 33.1 Å². The minimum atomic E-state index is -1.04. The molecule has 4 atom stereocenters. The molecule has 0 bridgehead atoms. The number of hydrogen-bond donors (Lipinski definition) is 3. The van der Waals surface area contributed by atoms with Crippen LogP contribution in [-0.4, -0.2) is 42.4 Å². The molecule has 1 aliphatic heterocycles. The topological polar surface area (TPSA) is 87.7 Å². The number of carbonyl (C=O) groups excluding carboxylic acids is 1. The number of carbonyl (C=O) groups is 2. The predicted octanol–water partition coefficient (Wildman–Crippen LogP) is 0.964. The molecule has 6 nitrogen and oxygen atoms in total. The molecule has 0 aromatic carbocycles. The molecular formula is C13H22N2O4. The minimum absolute atomic E-state index is 0.133. The summed E-state index contributed by atoms with van der Waals surface area (Å²) >= 11 is 0. The Labute approximate surface area is 112 Å². The summed E-state index contributed by atoms with van der Waals surface area (Å²) in [4.78, 5) is 23.2. The summed E-state index contributed by atoms with van der Waals surface area (Å²) in [6.45, 7) is 4.15. The van der Waals surface area contributed by atoms with Gasteiger partial charge in [-0.25, -0.2) is 4.79 Å². The number of ether oxygens (including phenoxy) is 1. The number of carboxylic acids is 1. The third kappa shape index (κ3) is 3.00. The van der Waals surface area contributed by atoms with Gasteiger partial charge in [0.2, 0.25) is 0 Å². The van der Waals surface area contributed by atoms with Crippen molar-refractivity contribution >= 4 is 12.0 Å². The molecule has 1 saturated heterocycles. The number of carboxylic acid groups (broad SMARTS) is 1. The summed E-state index contributed by atoms with van der Waals surface area (Å²) in [5, 5.41) is 14.9. The second-order valence-corrected chi connectivity index (χ2v) is 6.02. The third-order valence-corrected chi connectivity index (χ3v) is 4.28. The molecule has 2 amide bonds. The number of rotatable bonds is 3. The molecule has 0 aromatic rings. The van der Waals surface area contributed by atoms with E-state index in [0.717, 1.165) is 19.3 Å². The lowest BCUT2D eigenvalue weighted by Crippen LogP contribution is -2.53. The van der Waals surface area contributed by atoms with E-state index < -0.39 is 17.4 Å². The molecule has 6 heteroatoms. The van der Waals surface area contributed by atoms with Gasteiger partial charge in [0.05, 0.1) is 19.3 Å². The Balaban J connectivity index is 1.86. The molecule has 0 radical (unpaired) electrons. The van der Waals surface area contributed by atoms with Crippen LogP contribution < -0.4 is 10.6 Å². The standard InChI is InChI=1S/C13H22N2O4/c1-8-3-4-9(5-8)14-12(18)15-10-6-19-7-13(10,2)11(16)17/h8-10H,3-7H2,1-2H3,(H,16,17)(H2,14,15,18). The summed E-state index contributed by atoms with van der Waals surface area (Å²) in [5.74, 6) is -0.297. The van der Waals surface area contributed by atoms with Crippen LogP contribution in [0.5, 0.6) is 0 Å². The van der Waals surface area contributed by atoms with Gasteiger partial charge < -0.3 is 20.5 Å². The van der Waals surface area contributed by atoms with Crippen LogP contribution in [-0.2, 0) is 9.53 Å².